The van der Waals surface area contributed by atoms with Crippen molar-refractivity contribution in [3.8, 4) is 0 Å². The predicted molar refractivity (Wildman–Crippen MR) is 86.3 cm³/mol. The molecular formula is C13H21N3O2S2. The molecule has 1 saturated heterocycles. The molecule has 1 atom stereocenters. The molecule has 0 aliphatic carbocycles. The molecule has 1 N–H and O–H groups in total. The average molecular weight is 315 g/mol. The molecule has 112 valence electrons. The van der Waals surface area contributed by atoms with Crippen LogP contribution in [0, 0.1) is 0 Å². The molecule has 0 radical (unpaired) electrons. The molecule has 7 heteroatoms. The zero-order valence-corrected chi connectivity index (χ0v) is 13.5. The van der Waals surface area contributed by atoms with E-state index < -0.39 is 15.2 Å². The summed E-state index contributed by atoms with van der Waals surface area (Å²) in [6.07, 6.45) is 2.33. The van der Waals surface area contributed by atoms with Crippen LogP contribution in [0.5, 0.6) is 0 Å². The minimum absolute atomic E-state index is 0.477. The standard InChI is InChI=1S/C13H21N3O2S2/c1-3-7-14-11-5-4-6-12(15-11)16-8-9-19-10-13(16)20(2,17)18/h4-6,13H,3,7-10H2,1-2H3,(H,14,15). The van der Waals surface area contributed by atoms with Gasteiger partial charge in [0.15, 0.2) is 9.84 Å². The number of thioether (sulfide) groups is 1. The summed E-state index contributed by atoms with van der Waals surface area (Å²) in [7, 11) is -3.11. The van der Waals surface area contributed by atoms with E-state index in [4.69, 9.17) is 0 Å². The highest BCUT2D eigenvalue weighted by molar-refractivity contribution is 8.01. The molecule has 0 spiro atoms. The smallest absolute Gasteiger partial charge is 0.169 e. The van der Waals surface area contributed by atoms with Gasteiger partial charge in [0.05, 0.1) is 0 Å². The van der Waals surface area contributed by atoms with Crippen LogP contribution in [0.4, 0.5) is 11.6 Å². The monoisotopic (exact) mass is 315 g/mol. The Hall–Kier alpha value is -0.950. The Kier molecular flexibility index (Phi) is 5.15. The Bertz CT molecular complexity index is 548. The Morgan fingerprint density at radius 3 is 3.00 bits per heavy atom. The fourth-order valence-corrected chi connectivity index (χ4v) is 4.96. The molecule has 1 aliphatic rings. The highest BCUT2D eigenvalue weighted by atomic mass is 32.2. The van der Waals surface area contributed by atoms with Gasteiger partial charge >= 0.3 is 0 Å². The average Bonchev–Trinajstić information content (AvgIpc) is 2.44. The van der Waals surface area contributed by atoms with E-state index in [1.54, 1.807) is 11.8 Å². The number of hydrogen-bond donors (Lipinski definition) is 1. The molecular weight excluding hydrogens is 294 g/mol. The molecule has 1 unspecified atom stereocenters. The van der Waals surface area contributed by atoms with Crippen molar-refractivity contribution in [3.63, 3.8) is 0 Å². The summed E-state index contributed by atoms with van der Waals surface area (Å²) in [6.45, 7) is 3.67. The van der Waals surface area contributed by atoms with E-state index in [1.165, 1.54) is 6.26 Å². The van der Waals surface area contributed by atoms with Gasteiger partial charge in [-0.3, -0.25) is 0 Å². The van der Waals surface area contributed by atoms with Gasteiger partial charge in [0, 0.05) is 30.9 Å². The first-order valence-corrected chi connectivity index (χ1v) is 9.87. The number of hydrogen-bond acceptors (Lipinski definition) is 6. The first-order valence-electron chi connectivity index (χ1n) is 6.76. The van der Waals surface area contributed by atoms with E-state index in [2.05, 4.69) is 17.2 Å². The Morgan fingerprint density at radius 1 is 1.50 bits per heavy atom. The highest BCUT2D eigenvalue weighted by Crippen LogP contribution is 2.26. The highest BCUT2D eigenvalue weighted by Gasteiger charge is 2.31. The molecule has 0 aromatic carbocycles. The maximum atomic E-state index is 11.9. The molecule has 1 aliphatic heterocycles. The van der Waals surface area contributed by atoms with Crippen LogP contribution in [0.2, 0.25) is 0 Å². The zero-order chi connectivity index (χ0) is 14.6. The predicted octanol–water partition coefficient (Wildman–Crippen LogP) is 1.83. The van der Waals surface area contributed by atoms with Crippen molar-refractivity contribution in [3.05, 3.63) is 18.2 Å². The summed E-state index contributed by atoms with van der Waals surface area (Å²) in [4.78, 5) is 6.44. The van der Waals surface area contributed by atoms with Crippen LogP contribution in [-0.4, -0.2) is 49.6 Å². The fourth-order valence-electron chi connectivity index (χ4n) is 2.13. The van der Waals surface area contributed by atoms with Crippen LogP contribution in [-0.2, 0) is 9.84 Å². The quantitative estimate of drug-likeness (QED) is 0.894. The van der Waals surface area contributed by atoms with Gasteiger partial charge in [0.25, 0.3) is 0 Å². The fraction of sp³-hybridized carbons (Fsp3) is 0.615. The van der Waals surface area contributed by atoms with Crippen LogP contribution >= 0.6 is 11.8 Å². The lowest BCUT2D eigenvalue weighted by Gasteiger charge is -2.35. The lowest BCUT2D eigenvalue weighted by Crippen LogP contribution is -2.47. The lowest BCUT2D eigenvalue weighted by molar-refractivity contribution is 0.583. The molecule has 1 fully saturated rings. The van der Waals surface area contributed by atoms with Gasteiger partial charge in [0.2, 0.25) is 0 Å². The van der Waals surface area contributed by atoms with Crippen LogP contribution in [0.25, 0.3) is 0 Å². The zero-order valence-electron chi connectivity index (χ0n) is 11.9. The summed E-state index contributed by atoms with van der Waals surface area (Å²) in [5.41, 5.74) is 0. The van der Waals surface area contributed by atoms with Crippen LogP contribution in [0.15, 0.2) is 18.2 Å². The van der Waals surface area contributed by atoms with Crippen LogP contribution in [0.3, 0.4) is 0 Å². The molecule has 2 heterocycles. The first kappa shape index (κ1) is 15.4. The Morgan fingerprint density at radius 2 is 2.30 bits per heavy atom. The van der Waals surface area contributed by atoms with E-state index in [0.717, 1.165) is 30.4 Å². The number of aromatic nitrogens is 1. The van der Waals surface area contributed by atoms with Crippen molar-refractivity contribution in [1.82, 2.24) is 4.98 Å². The SMILES string of the molecule is CCCNc1cccc(N2CCSCC2S(C)(=O)=O)n1. The summed E-state index contributed by atoms with van der Waals surface area (Å²) in [5, 5.41) is 2.76. The second-order valence-electron chi connectivity index (χ2n) is 4.86. The van der Waals surface area contributed by atoms with Gasteiger partial charge < -0.3 is 10.2 Å². The van der Waals surface area contributed by atoms with Crippen molar-refractivity contribution >= 4 is 33.2 Å². The molecule has 2 rings (SSSR count). The molecule has 20 heavy (non-hydrogen) atoms. The number of nitrogens with zero attached hydrogens (tertiary/aromatic N) is 2. The topological polar surface area (TPSA) is 62.3 Å². The second kappa shape index (κ2) is 6.67. The van der Waals surface area contributed by atoms with Crippen LogP contribution in [0.1, 0.15) is 13.3 Å². The van der Waals surface area contributed by atoms with Crippen molar-refractivity contribution in [2.75, 3.05) is 41.1 Å². The summed E-state index contributed by atoms with van der Waals surface area (Å²) in [5.74, 6) is 3.07. The molecule has 0 saturated carbocycles. The molecule has 0 amide bonds. The van der Waals surface area contributed by atoms with Crippen molar-refractivity contribution in [2.45, 2.75) is 18.7 Å². The third kappa shape index (κ3) is 3.79. The van der Waals surface area contributed by atoms with E-state index in [-0.39, 0.29) is 0 Å². The Labute approximate surface area is 125 Å². The Balaban J connectivity index is 2.24. The van der Waals surface area contributed by atoms with Crippen molar-refractivity contribution in [1.29, 1.82) is 0 Å². The minimum atomic E-state index is -3.11. The third-order valence-electron chi connectivity index (χ3n) is 3.16. The normalized spacial score (nSPS) is 19.9. The lowest BCUT2D eigenvalue weighted by atomic mass is 10.3. The molecule has 1 aromatic rings. The van der Waals surface area contributed by atoms with E-state index in [0.29, 0.717) is 12.3 Å². The van der Waals surface area contributed by atoms with Gasteiger partial charge in [-0.25, -0.2) is 13.4 Å². The molecule has 5 nitrogen and oxygen atoms in total. The second-order valence-corrected chi connectivity index (χ2v) is 8.21. The number of anilines is 2. The third-order valence-corrected chi connectivity index (χ3v) is 5.81. The van der Waals surface area contributed by atoms with Crippen molar-refractivity contribution < 1.29 is 8.42 Å². The summed E-state index contributed by atoms with van der Waals surface area (Å²) in [6, 6.07) is 5.71. The minimum Gasteiger partial charge on any atom is -0.370 e. The maximum Gasteiger partial charge on any atom is 0.169 e. The summed E-state index contributed by atoms with van der Waals surface area (Å²) >= 11 is 1.68. The van der Waals surface area contributed by atoms with Gasteiger partial charge in [-0.2, -0.15) is 11.8 Å². The summed E-state index contributed by atoms with van der Waals surface area (Å²) < 4.78 is 23.9. The van der Waals surface area contributed by atoms with Crippen molar-refractivity contribution in [2.24, 2.45) is 0 Å². The number of pyridine rings is 1. The van der Waals surface area contributed by atoms with Gasteiger partial charge in [-0.05, 0) is 18.6 Å². The van der Waals surface area contributed by atoms with Gasteiger partial charge in [-0.15, -0.1) is 0 Å². The van der Waals surface area contributed by atoms with Gasteiger partial charge in [-0.1, -0.05) is 13.0 Å². The molecule has 1 aromatic heterocycles. The largest absolute Gasteiger partial charge is 0.370 e. The number of rotatable bonds is 5. The van der Waals surface area contributed by atoms with E-state index >= 15 is 0 Å². The van der Waals surface area contributed by atoms with E-state index in [1.807, 2.05) is 23.1 Å². The van der Waals surface area contributed by atoms with E-state index in [9.17, 15) is 8.42 Å². The molecule has 0 bridgehead atoms. The van der Waals surface area contributed by atoms with Crippen LogP contribution < -0.4 is 10.2 Å². The maximum absolute atomic E-state index is 11.9. The van der Waals surface area contributed by atoms with Gasteiger partial charge in [0.1, 0.15) is 17.0 Å². The first-order chi connectivity index (χ1) is 9.52. The number of nitrogens with one attached hydrogen (secondary N) is 1. The number of sulfone groups is 1.